The Morgan fingerprint density at radius 2 is 2.00 bits per heavy atom. The van der Waals surface area contributed by atoms with E-state index in [1.807, 2.05) is 0 Å². The number of aliphatic imine (C=N–C) groups is 1. The van der Waals surface area contributed by atoms with Gasteiger partial charge in [0.05, 0.1) is 7.11 Å². The SMILES string of the molecule is COC(=N)C1=NC(C)(C)N([N+](=O)[O-])C1(C)C. The molecule has 0 aromatic heterocycles. The van der Waals surface area contributed by atoms with Crippen LogP contribution in [0.3, 0.4) is 0 Å². The number of nitrogens with zero attached hydrogens (tertiary/aromatic N) is 3. The number of methoxy groups -OCH3 is 1. The van der Waals surface area contributed by atoms with Crippen LogP contribution in [0.25, 0.3) is 0 Å². The van der Waals surface area contributed by atoms with Gasteiger partial charge in [0.25, 0.3) is 0 Å². The van der Waals surface area contributed by atoms with E-state index >= 15 is 0 Å². The fraction of sp³-hybridized carbons (Fsp3) is 0.778. The molecule has 90 valence electrons. The maximum absolute atomic E-state index is 11.0. The van der Waals surface area contributed by atoms with Crippen LogP contribution in [-0.2, 0) is 4.74 Å². The lowest BCUT2D eigenvalue weighted by atomic mass is 9.98. The van der Waals surface area contributed by atoms with E-state index < -0.39 is 16.2 Å². The first-order valence-electron chi connectivity index (χ1n) is 4.82. The summed E-state index contributed by atoms with van der Waals surface area (Å²) in [7, 11) is 1.35. The molecule has 1 heterocycles. The van der Waals surface area contributed by atoms with Crippen LogP contribution >= 0.6 is 0 Å². The zero-order valence-electron chi connectivity index (χ0n) is 10.1. The van der Waals surface area contributed by atoms with Crippen LogP contribution in [0.5, 0.6) is 0 Å². The van der Waals surface area contributed by atoms with E-state index in [9.17, 15) is 10.1 Å². The normalized spacial score (nSPS) is 21.6. The zero-order chi connectivity index (χ0) is 12.7. The monoisotopic (exact) mass is 228 g/mol. The van der Waals surface area contributed by atoms with Crippen LogP contribution < -0.4 is 0 Å². The Morgan fingerprint density at radius 3 is 2.31 bits per heavy atom. The summed E-state index contributed by atoms with van der Waals surface area (Å²) in [6.45, 7) is 6.56. The number of nitro groups is 1. The van der Waals surface area contributed by atoms with Crippen LogP contribution in [0.2, 0.25) is 0 Å². The molecular weight excluding hydrogens is 212 g/mol. The number of rotatable bonds is 2. The van der Waals surface area contributed by atoms with E-state index in [0.717, 1.165) is 5.01 Å². The quantitative estimate of drug-likeness (QED) is 0.331. The molecule has 0 saturated heterocycles. The molecule has 1 N–H and O–H groups in total. The number of ether oxygens (including phenoxy) is 1. The molecule has 0 unspecified atom stereocenters. The third kappa shape index (κ3) is 1.62. The summed E-state index contributed by atoms with van der Waals surface area (Å²) >= 11 is 0. The molecule has 1 aliphatic heterocycles. The van der Waals surface area contributed by atoms with Crippen molar-refractivity contribution < 1.29 is 9.77 Å². The largest absolute Gasteiger partial charge is 0.480 e. The Balaban J connectivity index is 3.26. The second-order valence-corrected chi connectivity index (χ2v) is 4.60. The van der Waals surface area contributed by atoms with E-state index in [-0.39, 0.29) is 11.6 Å². The third-order valence-corrected chi connectivity index (χ3v) is 2.60. The standard InChI is InChI=1S/C9H16N4O3/c1-8(2)6(7(10)16-5)11-9(3,4)12(8)13(14)15/h10H,1-5H3. The van der Waals surface area contributed by atoms with Crippen molar-refractivity contribution in [2.24, 2.45) is 4.99 Å². The molecule has 0 saturated carbocycles. The van der Waals surface area contributed by atoms with Gasteiger partial charge in [0.1, 0.15) is 11.3 Å². The van der Waals surface area contributed by atoms with E-state index in [0.29, 0.717) is 0 Å². The van der Waals surface area contributed by atoms with Gasteiger partial charge in [0.2, 0.25) is 5.90 Å². The topological polar surface area (TPSA) is 91.8 Å². The Bertz CT molecular complexity index is 373. The lowest BCUT2D eigenvalue weighted by molar-refractivity contribution is -0.683. The van der Waals surface area contributed by atoms with E-state index in [1.54, 1.807) is 27.7 Å². The highest BCUT2D eigenvalue weighted by Crippen LogP contribution is 2.35. The maximum Gasteiger partial charge on any atom is 0.230 e. The minimum absolute atomic E-state index is 0.137. The summed E-state index contributed by atoms with van der Waals surface area (Å²) in [6, 6.07) is 0. The van der Waals surface area contributed by atoms with Gasteiger partial charge in [-0.25, -0.2) is 15.1 Å². The minimum Gasteiger partial charge on any atom is -0.480 e. The van der Waals surface area contributed by atoms with Gasteiger partial charge in [-0.3, -0.25) is 5.41 Å². The molecule has 16 heavy (non-hydrogen) atoms. The summed E-state index contributed by atoms with van der Waals surface area (Å²) in [5, 5.41) is 19.2. The van der Waals surface area contributed by atoms with Gasteiger partial charge in [0, 0.05) is 0 Å². The molecule has 0 atom stereocenters. The number of hydrogen-bond donors (Lipinski definition) is 1. The van der Waals surface area contributed by atoms with E-state index in [2.05, 4.69) is 4.99 Å². The predicted molar refractivity (Wildman–Crippen MR) is 59.2 cm³/mol. The Morgan fingerprint density at radius 1 is 1.50 bits per heavy atom. The average Bonchev–Trinajstić information content (AvgIpc) is 2.29. The van der Waals surface area contributed by atoms with Crippen LogP contribution in [-0.4, -0.2) is 40.0 Å². The summed E-state index contributed by atoms with van der Waals surface area (Å²) in [5.74, 6) is -0.137. The van der Waals surface area contributed by atoms with Crippen molar-refractivity contribution in [3.63, 3.8) is 0 Å². The first kappa shape index (κ1) is 12.4. The van der Waals surface area contributed by atoms with Crippen LogP contribution in [0.1, 0.15) is 27.7 Å². The first-order chi connectivity index (χ1) is 7.14. The lowest BCUT2D eigenvalue weighted by Gasteiger charge is -2.31. The van der Waals surface area contributed by atoms with Gasteiger partial charge >= 0.3 is 0 Å². The van der Waals surface area contributed by atoms with Crippen molar-refractivity contribution in [1.29, 1.82) is 5.41 Å². The molecule has 0 aromatic carbocycles. The molecular formula is C9H16N4O3. The number of hydrogen-bond acceptors (Lipinski definition) is 5. The molecule has 7 heteroatoms. The molecule has 0 radical (unpaired) electrons. The molecule has 0 spiro atoms. The summed E-state index contributed by atoms with van der Waals surface area (Å²) in [4.78, 5) is 15.2. The number of nitrogens with one attached hydrogen (secondary N) is 1. The number of hydrazine groups is 1. The van der Waals surface area contributed by atoms with Gasteiger partial charge < -0.3 is 4.74 Å². The average molecular weight is 228 g/mol. The summed E-state index contributed by atoms with van der Waals surface area (Å²) < 4.78 is 4.79. The smallest absolute Gasteiger partial charge is 0.230 e. The van der Waals surface area contributed by atoms with Crippen molar-refractivity contribution in [2.45, 2.75) is 38.9 Å². The van der Waals surface area contributed by atoms with Crippen LogP contribution in [0.4, 0.5) is 0 Å². The van der Waals surface area contributed by atoms with Gasteiger partial charge in [0.15, 0.2) is 10.7 Å². The minimum atomic E-state index is -0.979. The molecule has 7 nitrogen and oxygen atoms in total. The van der Waals surface area contributed by atoms with Crippen LogP contribution in [0, 0.1) is 15.5 Å². The fourth-order valence-corrected chi connectivity index (χ4v) is 2.07. The Hall–Kier alpha value is -1.66. The second-order valence-electron chi connectivity index (χ2n) is 4.60. The Labute approximate surface area is 93.7 Å². The highest BCUT2D eigenvalue weighted by molar-refractivity contribution is 6.41. The van der Waals surface area contributed by atoms with Gasteiger partial charge in [-0.15, -0.1) is 0 Å². The summed E-state index contributed by atoms with van der Waals surface area (Å²) in [6.07, 6.45) is 0. The highest BCUT2D eigenvalue weighted by Gasteiger charge is 2.56. The molecule has 0 amide bonds. The van der Waals surface area contributed by atoms with Crippen molar-refractivity contribution in [1.82, 2.24) is 5.01 Å². The predicted octanol–water partition coefficient (Wildman–Crippen LogP) is 1.07. The fourth-order valence-electron chi connectivity index (χ4n) is 2.07. The highest BCUT2D eigenvalue weighted by atomic mass is 16.7. The van der Waals surface area contributed by atoms with Gasteiger partial charge in [-0.2, -0.15) is 0 Å². The Kier molecular flexibility index (Phi) is 2.66. The van der Waals surface area contributed by atoms with E-state index in [4.69, 9.17) is 10.1 Å². The summed E-state index contributed by atoms with van der Waals surface area (Å²) in [5.41, 5.74) is -1.65. The molecule has 0 fully saturated rings. The van der Waals surface area contributed by atoms with Crippen LogP contribution in [0.15, 0.2) is 4.99 Å². The molecule has 0 bridgehead atoms. The second kappa shape index (κ2) is 3.43. The zero-order valence-corrected chi connectivity index (χ0v) is 10.1. The lowest BCUT2D eigenvalue weighted by Crippen LogP contribution is -2.56. The van der Waals surface area contributed by atoms with Crippen molar-refractivity contribution in [3.8, 4) is 0 Å². The van der Waals surface area contributed by atoms with Crippen molar-refractivity contribution in [2.75, 3.05) is 7.11 Å². The van der Waals surface area contributed by atoms with Crippen molar-refractivity contribution in [3.05, 3.63) is 10.1 Å². The maximum atomic E-state index is 11.0. The van der Waals surface area contributed by atoms with E-state index in [1.165, 1.54) is 7.11 Å². The molecule has 1 rings (SSSR count). The van der Waals surface area contributed by atoms with Gasteiger partial charge in [-0.05, 0) is 27.7 Å². The molecule has 0 aliphatic carbocycles. The molecule has 0 aromatic rings. The van der Waals surface area contributed by atoms with Gasteiger partial charge in [-0.1, -0.05) is 5.01 Å². The molecule has 1 aliphatic rings. The first-order valence-corrected chi connectivity index (χ1v) is 4.82. The van der Waals surface area contributed by atoms with Crippen molar-refractivity contribution >= 4 is 11.6 Å². The third-order valence-electron chi connectivity index (χ3n) is 2.60.